The van der Waals surface area contributed by atoms with Gasteiger partial charge in [0.05, 0.1) is 10.7 Å². The molecule has 0 aliphatic carbocycles. The van der Waals surface area contributed by atoms with E-state index in [1.165, 1.54) is 6.07 Å². The van der Waals surface area contributed by atoms with Crippen LogP contribution >= 0.6 is 23.2 Å². The smallest absolute Gasteiger partial charge is 0.313 e. The van der Waals surface area contributed by atoms with Crippen LogP contribution in [0.1, 0.15) is 6.42 Å². The highest BCUT2D eigenvalue weighted by Crippen LogP contribution is 2.25. The second kappa shape index (κ2) is 8.09. The molecule has 5 nitrogen and oxygen atoms in total. The number of rotatable bonds is 5. The Kier molecular flexibility index (Phi) is 6.78. The van der Waals surface area contributed by atoms with E-state index in [-0.39, 0.29) is 0 Å². The van der Waals surface area contributed by atoms with E-state index in [4.69, 9.17) is 23.2 Å². The molecule has 1 rings (SSSR count). The minimum absolute atomic E-state index is 0.313. The lowest BCUT2D eigenvalue weighted by Gasteiger charge is -2.10. The largest absolute Gasteiger partial charge is 0.348 e. The van der Waals surface area contributed by atoms with Crippen molar-refractivity contribution in [3.63, 3.8) is 0 Å². The van der Waals surface area contributed by atoms with Crippen LogP contribution in [0.5, 0.6) is 0 Å². The molecule has 0 aromatic heterocycles. The van der Waals surface area contributed by atoms with E-state index in [9.17, 15) is 9.59 Å². The van der Waals surface area contributed by atoms with Gasteiger partial charge in [0.15, 0.2) is 0 Å². The van der Waals surface area contributed by atoms with Gasteiger partial charge in [-0.3, -0.25) is 9.59 Å². The van der Waals surface area contributed by atoms with E-state index in [1.54, 1.807) is 12.1 Å². The minimum atomic E-state index is -0.765. The fourth-order valence-corrected chi connectivity index (χ4v) is 1.79. The lowest BCUT2D eigenvalue weighted by atomic mass is 10.3. The first kappa shape index (κ1) is 16.8. The Bertz CT molecular complexity index is 493. The molecule has 0 aliphatic heterocycles. The molecule has 0 heterocycles. The van der Waals surface area contributed by atoms with Gasteiger partial charge >= 0.3 is 11.8 Å². The van der Waals surface area contributed by atoms with Gasteiger partial charge in [-0.05, 0) is 45.3 Å². The molecule has 0 fully saturated rings. The van der Waals surface area contributed by atoms with Crippen LogP contribution in [0.2, 0.25) is 10.0 Å². The fraction of sp³-hybridized carbons (Fsp3) is 0.385. The first-order chi connectivity index (χ1) is 9.40. The summed E-state index contributed by atoms with van der Waals surface area (Å²) in [5, 5.41) is 5.71. The summed E-state index contributed by atoms with van der Waals surface area (Å²) in [4.78, 5) is 25.2. The Hall–Kier alpha value is -1.30. The molecule has 1 aromatic carbocycles. The molecule has 0 saturated carbocycles. The van der Waals surface area contributed by atoms with Crippen molar-refractivity contribution in [1.29, 1.82) is 0 Å². The predicted molar refractivity (Wildman–Crippen MR) is 81.3 cm³/mol. The number of nitrogens with zero attached hydrogens (tertiary/aromatic N) is 1. The van der Waals surface area contributed by atoms with Gasteiger partial charge < -0.3 is 15.5 Å². The third-order valence-electron chi connectivity index (χ3n) is 2.45. The molecule has 2 amide bonds. The van der Waals surface area contributed by atoms with Crippen LogP contribution in [0.25, 0.3) is 0 Å². The lowest BCUT2D eigenvalue weighted by molar-refractivity contribution is -0.136. The van der Waals surface area contributed by atoms with Crippen molar-refractivity contribution in [2.24, 2.45) is 0 Å². The van der Waals surface area contributed by atoms with E-state index < -0.39 is 11.8 Å². The summed E-state index contributed by atoms with van der Waals surface area (Å²) in [6.45, 7) is 1.27. The number of halogens is 2. The molecule has 7 heteroatoms. The van der Waals surface area contributed by atoms with Gasteiger partial charge in [0, 0.05) is 11.6 Å². The maximum atomic E-state index is 11.7. The van der Waals surface area contributed by atoms with Crippen LogP contribution in [0.15, 0.2) is 18.2 Å². The first-order valence-electron chi connectivity index (χ1n) is 6.09. The lowest BCUT2D eigenvalue weighted by Crippen LogP contribution is -2.36. The number of amides is 2. The molecular weight excluding hydrogens is 301 g/mol. The number of hydrogen-bond acceptors (Lipinski definition) is 3. The molecule has 0 bridgehead atoms. The van der Waals surface area contributed by atoms with E-state index in [1.807, 2.05) is 19.0 Å². The molecule has 0 saturated heterocycles. The van der Waals surface area contributed by atoms with Gasteiger partial charge in [-0.2, -0.15) is 0 Å². The normalized spacial score (nSPS) is 10.4. The van der Waals surface area contributed by atoms with Crippen LogP contribution in [0, 0.1) is 0 Å². The second-order valence-electron chi connectivity index (χ2n) is 4.49. The summed E-state index contributed by atoms with van der Waals surface area (Å²) >= 11 is 11.7. The zero-order valence-electron chi connectivity index (χ0n) is 11.4. The van der Waals surface area contributed by atoms with Crippen LogP contribution in [-0.2, 0) is 9.59 Å². The summed E-state index contributed by atoms with van der Waals surface area (Å²) in [6, 6.07) is 4.64. The molecule has 1 aromatic rings. The van der Waals surface area contributed by atoms with Crippen LogP contribution < -0.4 is 10.6 Å². The molecule has 0 atom stereocenters. The molecule has 110 valence electrons. The Morgan fingerprint density at radius 2 is 1.90 bits per heavy atom. The van der Waals surface area contributed by atoms with E-state index in [0.717, 1.165) is 13.0 Å². The standard InChI is InChI=1S/C13H17Cl2N3O2/c1-18(2)7-3-6-16-12(19)13(20)17-11-8-9(14)4-5-10(11)15/h4-5,8H,3,6-7H2,1-2H3,(H,16,19)(H,17,20). The number of carbonyl (C=O) groups excluding carboxylic acids is 2. The summed E-state index contributed by atoms with van der Waals surface area (Å²) < 4.78 is 0. The average Bonchev–Trinajstić information content (AvgIpc) is 2.38. The van der Waals surface area contributed by atoms with Gasteiger partial charge in [0.1, 0.15) is 0 Å². The Morgan fingerprint density at radius 3 is 2.55 bits per heavy atom. The van der Waals surface area contributed by atoms with Crippen molar-refractivity contribution in [3.05, 3.63) is 28.2 Å². The van der Waals surface area contributed by atoms with Crippen molar-refractivity contribution >= 4 is 40.7 Å². The van der Waals surface area contributed by atoms with Gasteiger partial charge in [0.25, 0.3) is 0 Å². The summed E-state index contributed by atoms with van der Waals surface area (Å²) in [6.07, 6.45) is 0.768. The van der Waals surface area contributed by atoms with Crippen molar-refractivity contribution in [3.8, 4) is 0 Å². The van der Waals surface area contributed by atoms with Gasteiger partial charge in [0.2, 0.25) is 0 Å². The number of anilines is 1. The SMILES string of the molecule is CN(C)CCCNC(=O)C(=O)Nc1cc(Cl)ccc1Cl. The number of nitrogens with one attached hydrogen (secondary N) is 2. The maximum Gasteiger partial charge on any atom is 0.313 e. The highest BCUT2D eigenvalue weighted by molar-refractivity contribution is 6.42. The predicted octanol–water partition coefficient (Wildman–Crippen LogP) is 2.00. The van der Waals surface area contributed by atoms with Crippen LogP contribution in [0.3, 0.4) is 0 Å². The van der Waals surface area contributed by atoms with Crippen LogP contribution in [-0.4, -0.2) is 43.9 Å². The molecule has 2 N–H and O–H groups in total. The van der Waals surface area contributed by atoms with E-state index in [0.29, 0.717) is 22.3 Å². The van der Waals surface area contributed by atoms with Gasteiger partial charge in [-0.1, -0.05) is 23.2 Å². The van der Waals surface area contributed by atoms with E-state index in [2.05, 4.69) is 10.6 Å². The zero-order valence-corrected chi connectivity index (χ0v) is 12.9. The quantitative estimate of drug-likeness (QED) is 0.645. The number of carbonyl (C=O) groups is 2. The Labute approximate surface area is 128 Å². The highest BCUT2D eigenvalue weighted by Gasteiger charge is 2.14. The third-order valence-corrected chi connectivity index (χ3v) is 3.02. The molecule has 20 heavy (non-hydrogen) atoms. The molecule has 0 radical (unpaired) electrons. The minimum Gasteiger partial charge on any atom is -0.348 e. The molecule has 0 spiro atoms. The molecular formula is C13H17Cl2N3O2. The van der Waals surface area contributed by atoms with Crippen molar-refractivity contribution in [1.82, 2.24) is 10.2 Å². The molecule has 0 aliphatic rings. The molecule has 0 unspecified atom stereocenters. The zero-order chi connectivity index (χ0) is 15.1. The number of hydrogen-bond donors (Lipinski definition) is 2. The van der Waals surface area contributed by atoms with Crippen LogP contribution in [0.4, 0.5) is 5.69 Å². The summed E-state index contributed by atoms with van der Waals surface area (Å²) in [5.74, 6) is -1.46. The third kappa shape index (κ3) is 5.77. The van der Waals surface area contributed by atoms with Gasteiger partial charge in [-0.25, -0.2) is 0 Å². The Morgan fingerprint density at radius 1 is 1.20 bits per heavy atom. The fourth-order valence-electron chi connectivity index (χ4n) is 1.45. The second-order valence-corrected chi connectivity index (χ2v) is 5.33. The average molecular weight is 318 g/mol. The summed E-state index contributed by atoms with van der Waals surface area (Å²) in [7, 11) is 3.88. The topological polar surface area (TPSA) is 61.4 Å². The summed E-state index contributed by atoms with van der Waals surface area (Å²) in [5.41, 5.74) is 0.313. The van der Waals surface area contributed by atoms with E-state index >= 15 is 0 Å². The maximum absolute atomic E-state index is 11.7. The van der Waals surface area contributed by atoms with Crippen molar-refractivity contribution in [2.75, 3.05) is 32.5 Å². The van der Waals surface area contributed by atoms with Gasteiger partial charge in [-0.15, -0.1) is 0 Å². The number of benzene rings is 1. The van der Waals surface area contributed by atoms with Crippen molar-refractivity contribution < 1.29 is 9.59 Å². The highest BCUT2D eigenvalue weighted by atomic mass is 35.5. The monoisotopic (exact) mass is 317 g/mol. The Balaban J connectivity index is 2.45. The van der Waals surface area contributed by atoms with Crippen molar-refractivity contribution in [2.45, 2.75) is 6.42 Å². The first-order valence-corrected chi connectivity index (χ1v) is 6.84.